The van der Waals surface area contributed by atoms with Gasteiger partial charge >= 0.3 is 0 Å². The van der Waals surface area contributed by atoms with Gasteiger partial charge in [-0.2, -0.15) is 0 Å². The van der Waals surface area contributed by atoms with E-state index in [-0.39, 0.29) is 25.4 Å². The first-order chi connectivity index (χ1) is 3.21. The van der Waals surface area contributed by atoms with Crippen LogP contribution in [0.25, 0.3) is 0 Å². The Bertz CT molecular complexity index is 68.4. The maximum atomic E-state index is 11.9. The Kier molecular flexibility index (Phi) is 2.63. The quantitative estimate of drug-likeness (QED) is 0.534. The van der Waals surface area contributed by atoms with Gasteiger partial charge < -0.3 is 5.32 Å². The maximum Gasteiger partial charge on any atom is 0.261 e. The molecule has 0 bridgehead atoms. The monoisotopic (exact) mass is 143 g/mol. The first-order valence-electron chi connectivity index (χ1n) is 2.29. The second-order valence-corrected chi connectivity index (χ2v) is 1.78. The van der Waals surface area contributed by atoms with Crippen molar-refractivity contribution in [3.63, 3.8) is 0 Å². The highest BCUT2D eigenvalue weighted by atomic mass is 35.5. The lowest BCUT2D eigenvalue weighted by Gasteiger charge is -2.02. The molecule has 1 aliphatic rings. The fourth-order valence-electron chi connectivity index (χ4n) is 0.631. The van der Waals surface area contributed by atoms with E-state index in [9.17, 15) is 8.78 Å². The first kappa shape index (κ1) is 8.11. The van der Waals surface area contributed by atoms with Crippen molar-refractivity contribution in [3.8, 4) is 0 Å². The number of nitrogens with one attached hydrogen (secondary N) is 1. The molecule has 0 amide bonds. The number of hydrogen-bond acceptors (Lipinski definition) is 1. The molecule has 1 heterocycles. The SMILES string of the molecule is Cl.FC1(F)CCNC1. The zero-order chi connectivity index (χ0) is 5.33. The maximum absolute atomic E-state index is 11.9. The lowest BCUT2D eigenvalue weighted by molar-refractivity contribution is 0.0238. The van der Waals surface area contributed by atoms with Crippen LogP contribution in [0.5, 0.6) is 0 Å². The molecule has 1 saturated heterocycles. The Morgan fingerprint density at radius 3 is 2.12 bits per heavy atom. The van der Waals surface area contributed by atoms with Gasteiger partial charge in [-0.3, -0.25) is 0 Å². The zero-order valence-corrected chi connectivity index (χ0v) is 5.10. The van der Waals surface area contributed by atoms with Crippen LogP contribution < -0.4 is 5.32 Å². The molecule has 0 aliphatic carbocycles. The van der Waals surface area contributed by atoms with Gasteiger partial charge in [0.15, 0.2) is 0 Å². The van der Waals surface area contributed by atoms with Crippen LogP contribution >= 0.6 is 12.4 Å². The molecule has 8 heavy (non-hydrogen) atoms. The van der Waals surface area contributed by atoms with E-state index in [0.29, 0.717) is 6.54 Å². The minimum Gasteiger partial charge on any atom is -0.311 e. The van der Waals surface area contributed by atoms with Gasteiger partial charge in [-0.05, 0) is 0 Å². The second-order valence-electron chi connectivity index (χ2n) is 1.78. The van der Waals surface area contributed by atoms with Crippen molar-refractivity contribution in [1.29, 1.82) is 0 Å². The van der Waals surface area contributed by atoms with Crippen LogP contribution in [0.2, 0.25) is 0 Å². The van der Waals surface area contributed by atoms with Gasteiger partial charge in [0.1, 0.15) is 0 Å². The Hall–Kier alpha value is 0.110. The predicted octanol–water partition coefficient (Wildman–Crippen LogP) is 1.04. The van der Waals surface area contributed by atoms with Gasteiger partial charge in [0.25, 0.3) is 5.92 Å². The minimum atomic E-state index is -2.42. The second kappa shape index (κ2) is 2.60. The van der Waals surface area contributed by atoms with Crippen LogP contribution in [-0.2, 0) is 0 Å². The summed E-state index contributed by atoms with van der Waals surface area (Å²) < 4.78 is 23.8. The third kappa shape index (κ3) is 1.92. The standard InChI is InChI=1S/C4H7F2N.ClH/c5-4(6)1-2-7-3-4;/h7H,1-3H2;1H. The van der Waals surface area contributed by atoms with Gasteiger partial charge in [0.2, 0.25) is 0 Å². The summed E-state index contributed by atoms with van der Waals surface area (Å²) in [5.41, 5.74) is 0. The molecule has 0 atom stereocenters. The minimum absolute atomic E-state index is 0. The fraction of sp³-hybridized carbons (Fsp3) is 1.00. The van der Waals surface area contributed by atoms with Crippen LogP contribution in [0.3, 0.4) is 0 Å². The molecule has 0 aromatic heterocycles. The zero-order valence-electron chi connectivity index (χ0n) is 4.29. The first-order valence-corrected chi connectivity index (χ1v) is 2.29. The molecule has 4 heteroatoms. The van der Waals surface area contributed by atoms with Crippen molar-refractivity contribution < 1.29 is 8.78 Å². The molecule has 1 nitrogen and oxygen atoms in total. The summed E-state index contributed by atoms with van der Waals surface area (Å²) in [6.07, 6.45) is 0.00694. The van der Waals surface area contributed by atoms with Crippen molar-refractivity contribution in [2.45, 2.75) is 12.3 Å². The normalized spacial score (nSPS) is 24.8. The van der Waals surface area contributed by atoms with Gasteiger partial charge in [-0.1, -0.05) is 0 Å². The van der Waals surface area contributed by atoms with Gasteiger partial charge in [0, 0.05) is 13.0 Å². The lowest BCUT2D eigenvalue weighted by atomic mass is 10.3. The number of hydrogen-bond donors (Lipinski definition) is 1. The number of alkyl halides is 2. The summed E-state index contributed by atoms with van der Waals surface area (Å²) in [5, 5.41) is 2.56. The van der Waals surface area contributed by atoms with E-state index in [1.54, 1.807) is 0 Å². The van der Waals surface area contributed by atoms with E-state index in [0.717, 1.165) is 0 Å². The largest absolute Gasteiger partial charge is 0.311 e. The predicted molar refractivity (Wildman–Crippen MR) is 29.7 cm³/mol. The molecule has 0 radical (unpaired) electrons. The molecule has 0 aromatic carbocycles. The molecule has 0 aromatic rings. The highest BCUT2D eigenvalue weighted by molar-refractivity contribution is 5.85. The van der Waals surface area contributed by atoms with Crippen molar-refractivity contribution in [3.05, 3.63) is 0 Å². The molecular formula is C4H8ClF2N. The molecule has 0 spiro atoms. The van der Waals surface area contributed by atoms with E-state index in [1.807, 2.05) is 0 Å². The summed E-state index contributed by atoms with van der Waals surface area (Å²) in [5.74, 6) is -2.42. The van der Waals surface area contributed by atoms with Crippen molar-refractivity contribution >= 4 is 12.4 Å². The fourth-order valence-corrected chi connectivity index (χ4v) is 0.631. The highest BCUT2D eigenvalue weighted by Gasteiger charge is 2.32. The molecule has 1 N–H and O–H groups in total. The third-order valence-electron chi connectivity index (χ3n) is 1.05. The molecule has 1 rings (SSSR count). The Morgan fingerprint density at radius 1 is 1.38 bits per heavy atom. The van der Waals surface area contributed by atoms with Crippen molar-refractivity contribution in [2.24, 2.45) is 0 Å². The van der Waals surface area contributed by atoms with Gasteiger partial charge in [-0.15, -0.1) is 12.4 Å². The molecular weight excluding hydrogens is 136 g/mol. The van der Waals surface area contributed by atoms with Crippen molar-refractivity contribution in [1.82, 2.24) is 5.32 Å². The number of halogens is 3. The van der Waals surface area contributed by atoms with E-state index in [2.05, 4.69) is 5.32 Å². The number of rotatable bonds is 0. The van der Waals surface area contributed by atoms with Gasteiger partial charge in [0.05, 0.1) is 6.54 Å². The Balaban J connectivity index is 0.000000490. The highest BCUT2D eigenvalue weighted by Crippen LogP contribution is 2.19. The lowest BCUT2D eigenvalue weighted by Crippen LogP contribution is -2.18. The molecule has 1 aliphatic heterocycles. The van der Waals surface area contributed by atoms with E-state index in [1.165, 1.54) is 0 Å². The average molecular weight is 144 g/mol. The van der Waals surface area contributed by atoms with Crippen LogP contribution in [0.1, 0.15) is 6.42 Å². The molecule has 0 saturated carbocycles. The van der Waals surface area contributed by atoms with Gasteiger partial charge in [-0.25, -0.2) is 8.78 Å². The van der Waals surface area contributed by atoms with Crippen LogP contribution in [0.15, 0.2) is 0 Å². The molecule has 1 fully saturated rings. The summed E-state index contributed by atoms with van der Waals surface area (Å²) in [4.78, 5) is 0. The Morgan fingerprint density at radius 2 is 2.00 bits per heavy atom. The third-order valence-corrected chi connectivity index (χ3v) is 1.05. The summed E-state index contributed by atoms with van der Waals surface area (Å²) >= 11 is 0. The van der Waals surface area contributed by atoms with Crippen LogP contribution in [-0.4, -0.2) is 19.0 Å². The summed E-state index contributed by atoms with van der Waals surface area (Å²) in [7, 11) is 0. The van der Waals surface area contributed by atoms with Crippen LogP contribution in [0, 0.1) is 0 Å². The smallest absolute Gasteiger partial charge is 0.261 e. The molecule has 0 unspecified atom stereocenters. The van der Waals surface area contributed by atoms with Crippen molar-refractivity contribution in [2.75, 3.05) is 13.1 Å². The van der Waals surface area contributed by atoms with Crippen LogP contribution in [0.4, 0.5) is 8.78 Å². The van der Waals surface area contributed by atoms with E-state index < -0.39 is 5.92 Å². The average Bonchev–Trinajstić information content (AvgIpc) is 1.84. The van der Waals surface area contributed by atoms with E-state index >= 15 is 0 Å². The summed E-state index contributed by atoms with van der Waals surface area (Å²) in [6.45, 7) is 0.333. The molecule has 50 valence electrons. The van der Waals surface area contributed by atoms with E-state index in [4.69, 9.17) is 0 Å². The summed E-state index contributed by atoms with van der Waals surface area (Å²) in [6, 6.07) is 0. The Labute approximate surface area is 52.9 Å². The topological polar surface area (TPSA) is 12.0 Å².